The molecule has 0 spiro atoms. The molecule has 1 unspecified atom stereocenters. The Kier molecular flexibility index (Phi) is 3.22. The van der Waals surface area contributed by atoms with Gasteiger partial charge in [0.15, 0.2) is 6.23 Å². The number of carbonyl (C=O) groups excluding carboxylic acids is 1. The first-order valence-electron chi connectivity index (χ1n) is 5.03. The van der Waals surface area contributed by atoms with Gasteiger partial charge in [0.2, 0.25) is 0 Å². The Morgan fingerprint density at radius 1 is 1.50 bits per heavy atom. The first-order valence-corrected chi connectivity index (χ1v) is 5.03. The standard InChI is InChI=1S/C12H13NO3/c1-15-12(14)8-13-11-7-6-9-4-2-3-5-10(9)16-11/h2-7,11,13H,8H2,1H3. The summed E-state index contributed by atoms with van der Waals surface area (Å²) in [6, 6.07) is 7.73. The zero-order valence-corrected chi connectivity index (χ0v) is 8.97. The summed E-state index contributed by atoms with van der Waals surface area (Å²) < 4.78 is 10.2. The molecule has 0 saturated carbocycles. The normalized spacial score (nSPS) is 17.4. The van der Waals surface area contributed by atoms with Gasteiger partial charge in [-0.3, -0.25) is 10.1 Å². The van der Waals surface area contributed by atoms with Crippen molar-refractivity contribution in [1.29, 1.82) is 0 Å². The SMILES string of the molecule is COC(=O)CNC1C=Cc2ccccc2O1. The van der Waals surface area contributed by atoms with Crippen molar-refractivity contribution in [2.75, 3.05) is 13.7 Å². The van der Waals surface area contributed by atoms with Crippen molar-refractivity contribution in [2.24, 2.45) is 0 Å². The third-order valence-corrected chi connectivity index (χ3v) is 2.30. The summed E-state index contributed by atoms with van der Waals surface area (Å²) in [6.45, 7) is 0.133. The minimum Gasteiger partial charge on any atom is -0.471 e. The van der Waals surface area contributed by atoms with E-state index < -0.39 is 0 Å². The van der Waals surface area contributed by atoms with Gasteiger partial charge in [-0.15, -0.1) is 0 Å². The molecular formula is C12H13NO3. The molecule has 0 aromatic heterocycles. The molecule has 0 saturated heterocycles. The Morgan fingerprint density at radius 3 is 3.12 bits per heavy atom. The van der Waals surface area contributed by atoms with E-state index in [2.05, 4.69) is 10.1 Å². The molecule has 4 heteroatoms. The van der Waals surface area contributed by atoms with Gasteiger partial charge in [0.1, 0.15) is 5.75 Å². The van der Waals surface area contributed by atoms with E-state index in [1.54, 1.807) is 0 Å². The summed E-state index contributed by atoms with van der Waals surface area (Å²) >= 11 is 0. The molecule has 1 N–H and O–H groups in total. The van der Waals surface area contributed by atoms with Crippen LogP contribution in [0.5, 0.6) is 5.75 Å². The highest BCUT2D eigenvalue weighted by atomic mass is 16.5. The quantitative estimate of drug-likeness (QED) is 0.775. The van der Waals surface area contributed by atoms with E-state index in [4.69, 9.17) is 4.74 Å². The van der Waals surface area contributed by atoms with Gasteiger partial charge in [0, 0.05) is 5.56 Å². The van der Waals surface area contributed by atoms with Crippen molar-refractivity contribution < 1.29 is 14.3 Å². The summed E-state index contributed by atoms with van der Waals surface area (Å²) in [7, 11) is 1.36. The topological polar surface area (TPSA) is 47.6 Å². The molecule has 1 aliphatic heterocycles. The zero-order chi connectivity index (χ0) is 11.4. The van der Waals surface area contributed by atoms with Gasteiger partial charge < -0.3 is 9.47 Å². The van der Waals surface area contributed by atoms with E-state index in [0.717, 1.165) is 11.3 Å². The number of para-hydroxylation sites is 1. The van der Waals surface area contributed by atoms with Crippen LogP contribution in [0.3, 0.4) is 0 Å². The Balaban J connectivity index is 1.96. The lowest BCUT2D eigenvalue weighted by atomic mass is 10.1. The maximum Gasteiger partial charge on any atom is 0.319 e. The smallest absolute Gasteiger partial charge is 0.319 e. The average molecular weight is 219 g/mol. The van der Waals surface area contributed by atoms with E-state index in [1.807, 2.05) is 36.4 Å². The minimum atomic E-state index is -0.309. The summed E-state index contributed by atoms with van der Waals surface area (Å²) in [5, 5.41) is 2.93. The van der Waals surface area contributed by atoms with Crippen LogP contribution in [-0.2, 0) is 9.53 Å². The predicted octanol–water partition coefficient (Wildman–Crippen LogP) is 1.18. The van der Waals surface area contributed by atoms with Crippen LogP contribution in [0.25, 0.3) is 6.08 Å². The second-order valence-corrected chi connectivity index (χ2v) is 3.39. The molecule has 0 bridgehead atoms. The van der Waals surface area contributed by atoms with Crippen LogP contribution in [-0.4, -0.2) is 25.9 Å². The van der Waals surface area contributed by atoms with Crippen molar-refractivity contribution in [3.63, 3.8) is 0 Å². The highest BCUT2D eigenvalue weighted by molar-refractivity contribution is 5.71. The molecule has 84 valence electrons. The lowest BCUT2D eigenvalue weighted by Crippen LogP contribution is -2.37. The van der Waals surface area contributed by atoms with Crippen LogP contribution < -0.4 is 10.1 Å². The lowest BCUT2D eigenvalue weighted by Gasteiger charge is -2.21. The molecule has 1 aromatic carbocycles. The molecular weight excluding hydrogens is 206 g/mol. The van der Waals surface area contributed by atoms with Crippen molar-refractivity contribution in [1.82, 2.24) is 5.32 Å². The molecule has 0 amide bonds. The van der Waals surface area contributed by atoms with Crippen LogP contribution in [0, 0.1) is 0 Å². The van der Waals surface area contributed by atoms with Gasteiger partial charge in [-0.2, -0.15) is 0 Å². The number of benzene rings is 1. The first kappa shape index (κ1) is 10.7. The molecule has 1 atom stereocenters. The monoisotopic (exact) mass is 219 g/mol. The summed E-state index contributed by atoms with van der Waals surface area (Å²) in [5.41, 5.74) is 1.04. The van der Waals surface area contributed by atoms with E-state index >= 15 is 0 Å². The Morgan fingerprint density at radius 2 is 2.31 bits per heavy atom. The first-order chi connectivity index (χ1) is 7.79. The summed E-state index contributed by atoms with van der Waals surface area (Å²) in [5.74, 6) is 0.503. The fourth-order valence-corrected chi connectivity index (χ4v) is 1.46. The van der Waals surface area contributed by atoms with Gasteiger partial charge in [-0.05, 0) is 12.1 Å². The van der Waals surface area contributed by atoms with Gasteiger partial charge in [0.25, 0.3) is 0 Å². The number of fused-ring (bicyclic) bond motifs is 1. The molecule has 1 aliphatic rings. The summed E-state index contributed by atoms with van der Waals surface area (Å²) in [4.78, 5) is 10.9. The van der Waals surface area contributed by atoms with Crippen molar-refractivity contribution in [2.45, 2.75) is 6.23 Å². The zero-order valence-electron chi connectivity index (χ0n) is 8.97. The fourth-order valence-electron chi connectivity index (χ4n) is 1.46. The summed E-state index contributed by atoms with van der Waals surface area (Å²) in [6.07, 6.45) is 3.55. The number of carbonyl (C=O) groups is 1. The number of hydrogen-bond acceptors (Lipinski definition) is 4. The van der Waals surface area contributed by atoms with Crippen LogP contribution in [0.4, 0.5) is 0 Å². The van der Waals surface area contributed by atoms with E-state index in [1.165, 1.54) is 7.11 Å². The highest BCUT2D eigenvalue weighted by Crippen LogP contribution is 2.24. The molecule has 0 radical (unpaired) electrons. The fraction of sp³-hybridized carbons (Fsp3) is 0.250. The van der Waals surface area contributed by atoms with Gasteiger partial charge in [0.05, 0.1) is 13.7 Å². The molecule has 1 heterocycles. The second kappa shape index (κ2) is 4.81. The van der Waals surface area contributed by atoms with Crippen LogP contribution in [0.1, 0.15) is 5.56 Å². The molecule has 1 aromatic rings. The molecule has 2 rings (SSSR count). The second-order valence-electron chi connectivity index (χ2n) is 3.39. The Labute approximate surface area is 93.9 Å². The third kappa shape index (κ3) is 2.41. The van der Waals surface area contributed by atoms with Crippen LogP contribution >= 0.6 is 0 Å². The Bertz CT molecular complexity index is 414. The molecule has 0 fully saturated rings. The van der Waals surface area contributed by atoms with Gasteiger partial charge >= 0.3 is 5.97 Å². The van der Waals surface area contributed by atoms with E-state index in [-0.39, 0.29) is 18.7 Å². The van der Waals surface area contributed by atoms with Crippen LogP contribution in [0.15, 0.2) is 30.3 Å². The van der Waals surface area contributed by atoms with Crippen molar-refractivity contribution in [3.05, 3.63) is 35.9 Å². The van der Waals surface area contributed by atoms with E-state index in [0.29, 0.717) is 0 Å². The maximum absolute atomic E-state index is 10.9. The molecule has 0 aliphatic carbocycles. The molecule has 4 nitrogen and oxygen atoms in total. The minimum absolute atomic E-state index is 0.133. The third-order valence-electron chi connectivity index (χ3n) is 2.30. The Hall–Kier alpha value is -1.81. The highest BCUT2D eigenvalue weighted by Gasteiger charge is 2.14. The average Bonchev–Trinajstić information content (AvgIpc) is 2.35. The largest absolute Gasteiger partial charge is 0.471 e. The van der Waals surface area contributed by atoms with Gasteiger partial charge in [-0.25, -0.2) is 0 Å². The number of ether oxygens (including phenoxy) is 2. The van der Waals surface area contributed by atoms with Gasteiger partial charge in [-0.1, -0.05) is 24.3 Å². The maximum atomic E-state index is 10.9. The number of nitrogens with one attached hydrogen (secondary N) is 1. The number of methoxy groups -OCH3 is 1. The van der Waals surface area contributed by atoms with Crippen molar-refractivity contribution in [3.8, 4) is 5.75 Å². The predicted molar refractivity (Wildman–Crippen MR) is 59.9 cm³/mol. The lowest BCUT2D eigenvalue weighted by molar-refractivity contribution is -0.139. The number of esters is 1. The van der Waals surface area contributed by atoms with Crippen molar-refractivity contribution >= 4 is 12.0 Å². The van der Waals surface area contributed by atoms with Crippen LogP contribution in [0.2, 0.25) is 0 Å². The number of rotatable bonds is 3. The number of hydrogen-bond donors (Lipinski definition) is 1. The van der Waals surface area contributed by atoms with E-state index in [9.17, 15) is 4.79 Å². The molecule has 16 heavy (non-hydrogen) atoms.